The van der Waals surface area contributed by atoms with E-state index in [1.54, 1.807) is 0 Å². The molecule has 10 aromatic rings. The molecule has 0 unspecified atom stereocenters. The van der Waals surface area contributed by atoms with Crippen LogP contribution in [0.1, 0.15) is 52.7 Å². The summed E-state index contributed by atoms with van der Waals surface area (Å²) in [6, 6.07) is 69.5. The largest absolute Gasteiger partial charge is 0.457 e. The number of hydrogen-bond donors (Lipinski definition) is 0. The van der Waals surface area contributed by atoms with E-state index in [-0.39, 0.29) is 17.5 Å². The Morgan fingerprint density at radius 1 is 0.492 bits per heavy atom. The standard InChI is InChI=1S/C60H49BN2OS/c1-59(2,3)39-30-33-53-48(34-39)57-58(65-53)61-49-32-31-43(62(41-22-12-8-13-23-41)42-24-14-9-15-25-42)37-50(49)63(51-35-40(60(4,5)6)36-52(64-57)55(51)61)56-46-28-18-16-26-44(46)54(38-20-10-7-11-21-38)45-27-17-19-29-47(45)56/h7-37H,1-6H3. The van der Waals surface area contributed by atoms with Gasteiger partial charge in [0.15, 0.2) is 0 Å². The molecule has 0 atom stereocenters. The van der Waals surface area contributed by atoms with Gasteiger partial charge in [-0.1, -0.05) is 169 Å². The summed E-state index contributed by atoms with van der Waals surface area (Å²) >= 11 is 1.88. The van der Waals surface area contributed by atoms with E-state index in [0.717, 1.165) is 39.9 Å². The second-order valence-electron chi connectivity index (χ2n) is 19.7. The van der Waals surface area contributed by atoms with Crippen molar-refractivity contribution in [3.05, 3.63) is 199 Å². The minimum absolute atomic E-state index is 0.00147. The molecule has 314 valence electrons. The maximum atomic E-state index is 7.39. The van der Waals surface area contributed by atoms with Crippen LogP contribution in [0.25, 0.3) is 42.8 Å². The number of hydrogen-bond acceptors (Lipinski definition) is 4. The number of benzene rings is 9. The molecule has 0 saturated carbocycles. The average Bonchev–Trinajstić information content (AvgIpc) is 3.69. The molecule has 0 fully saturated rings. The van der Waals surface area contributed by atoms with E-state index >= 15 is 0 Å². The van der Waals surface area contributed by atoms with Crippen molar-refractivity contribution in [1.82, 2.24) is 0 Å². The van der Waals surface area contributed by atoms with Gasteiger partial charge >= 0.3 is 0 Å². The molecule has 3 heterocycles. The van der Waals surface area contributed by atoms with E-state index in [2.05, 4.69) is 239 Å². The predicted octanol–water partition coefficient (Wildman–Crippen LogP) is 15.3. The lowest BCUT2D eigenvalue weighted by atomic mass is 9.36. The fourth-order valence-corrected chi connectivity index (χ4v) is 11.6. The fraction of sp³-hybridized carbons (Fsp3) is 0.133. The first-order valence-corrected chi connectivity index (χ1v) is 23.6. The Labute approximate surface area is 386 Å². The Hall–Kier alpha value is -7.08. The number of nitrogens with zero attached hydrogens (tertiary/aromatic N) is 2. The van der Waals surface area contributed by atoms with Gasteiger partial charge in [0.05, 0.1) is 5.69 Å². The fourth-order valence-electron chi connectivity index (χ4n) is 10.3. The van der Waals surface area contributed by atoms with Crippen molar-refractivity contribution in [3.8, 4) is 22.6 Å². The lowest BCUT2D eigenvalue weighted by molar-refractivity contribution is 0.490. The zero-order valence-electron chi connectivity index (χ0n) is 37.7. The first kappa shape index (κ1) is 39.5. The highest BCUT2D eigenvalue weighted by atomic mass is 32.1. The molecule has 0 spiro atoms. The van der Waals surface area contributed by atoms with Gasteiger partial charge in [-0.2, -0.15) is 0 Å². The Bertz CT molecular complexity index is 3400. The molecular formula is C60H49BN2OS. The number of para-hydroxylation sites is 2. The lowest BCUT2D eigenvalue weighted by Gasteiger charge is -2.42. The van der Waals surface area contributed by atoms with E-state index in [1.165, 1.54) is 75.3 Å². The van der Waals surface area contributed by atoms with Crippen molar-refractivity contribution in [3.63, 3.8) is 0 Å². The molecule has 0 saturated heterocycles. The summed E-state index contributed by atoms with van der Waals surface area (Å²) in [6.45, 7) is 13.8. The summed E-state index contributed by atoms with van der Waals surface area (Å²) in [5, 5.41) is 6.04. The number of rotatable bonds is 5. The van der Waals surface area contributed by atoms with Gasteiger partial charge in [-0.05, 0) is 115 Å². The molecule has 1 aromatic heterocycles. The SMILES string of the molecule is CC(C)(C)c1cc2c3c(c1)N(c1c4ccccc4c(-c4ccccc4)c4ccccc14)c1cc(N(c4ccccc4)c4ccccc4)ccc1B3c1sc3ccc(C(C)(C)C)cc3c1O2. The normalized spacial score (nSPS) is 13.1. The summed E-state index contributed by atoms with van der Waals surface area (Å²) in [5.74, 6) is 1.93. The highest BCUT2D eigenvalue weighted by molar-refractivity contribution is 7.33. The van der Waals surface area contributed by atoms with Crippen molar-refractivity contribution in [2.75, 3.05) is 9.80 Å². The molecule has 0 bridgehead atoms. The van der Waals surface area contributed by atoms with Crippen LogP contribution in [0.15, 0.2) is 188 Å². The summed E-state index contributed by atoms with van der Waals surface area (Å²) in [4.78, 5) is 5.00. The number of anilines is 6. The topological polar surface area (TPSA) is 15.7 Å². The van der Waals surface area contributed by atoms with Crippen LogP contribution in [0.4, 0.5) is 34.1 Å². The van der Waals surface area contributed by atoms with Gasteiger partial charge in [-0.25, -0.2) is 0 Å². The zero-order valence-corrected chi connectivity index (χ0v) is 38.5. The van der Waals surface area contributed by atoms with E-state index in [1.807, 2.05) is 11.3 Å². The molecule has 2 aliphatic heterocycles. The highest BCUT2D eigenvalue weighted by Crippen LogP contribution is 2.52. The average molecular weight is 857 g/mol. The number of ether oxygens (including phenoxy) is 1. The minimum atomic E-state index is -0.159. The Morgan fingerprint density at radius 2 is 1.06 bits per heavy atom. The maximum Gasteiger partial charge on any atom is 0.268 e. The quantitative estimate of drug-likeness (QED) is 0.127. The predicted molar refractivity (Wildman–Crippen MR) is 280 cm³/mol. The van der Waals surface area contributed by atoms with Crippen LogP contribution >= 0.6 is 11.3 Å². The summed E-state index contributed by atoms with van der Waals surface area (Å²) in [6.07, 6.45) is 0. The molecule has 3 nitrogen and oxygen atoms in total. The monoisotopic (exact) mass is 856 g/mol. The smallest absolute Gasteiger partial charge is 0.268 e. The molecule has 0 N–H and O–H groups in total. The van der Waals surface area contributed by atoms with E-state index < -0.39 is 0 Å². The number of fused-ring (bicyclic) bond motifs is 8. The second kappa shape index (κ2) is 14.7. The van der Waals surface area contributed by atoms with Crippen LogP contribution in [0.5, 0.6) is 11.5 Å². The van der Waals surface area contributed by atoms with Gasteiger partial charge < -0.3 is 14.5 Å². The van der Waals surface area contributed by atoms with E-state index in [0.29, 0.717) is 0 Å². The maximum absolute atomic E-state index is 7.39. The zero-order chi connectivity index (χ0) is 44.2. The Morgan fingerprint density at radius 3 is 1.66 bits per heavy atom. The third-order valence-corrected chi connectivity index (χ3v) is 14.8. The second-order valence-corrected chi connectivity index (χ2v) is 20.8. The van der Waals surface area contributed by atoms with Crippen molar-refractivity contribution >= 4 is 99.5 Å². The number of thiophene rings is 1. The van der Waals surface area contributed by atoms with Gasteiger partial charge in [0.2, 0.25) is 0 Å². The molecule has 0 amide bonds. The van der Waals surface area contributed by atoms with Crippen molar-refractivity contribution in [2.45, 2.75) is 52.4 Å². The Balaban J connectivity index is 1.22. The molecule has 65 heavy (non-hydrogen) atoms. The molecule has 0 aliphatic carbocycles. The van der Waals surface area contributed by atoms with Crippen LogP contribution in [0.3, 0.4) is 0 Å². The van der Waals surface area contributed by atoms with Crippen LogP contribution in [0.2, 0.25) is 0 Å². The summed E-state index contributed by atoms with van der Waals surface area (Å²) in [7, 11) is 0. The summed E-state index contributed by atoms with van der Waals surface area (Å²) < 4.78 is 9.90. The van der Waals surface area contributed by atoms with Crippen LogP contribution in [0, 0.1) is 0 Å². The van der Waals surface area contributed by atoms with Crippen molar-refractivity contribution in [2.24, 2.45) is 0 Å². The van der Waals surface area contributed by atoms with Gasteiger partial charge in [-0.3, -0.25) is 0 Å². The van der Waals surface area contributed by atoms with Gasteiger partial charge in [0.25, 0.3) is 6.71 Å². The van der Waals surface area contributed by atoms with Crippen molar-refractivity contribution in [1.29, 1.82) is 0 Å². The molecule has 5 heteroatoms. The molecule has 0 radical (unpaired) electrons. The molecule has 2 aliphatic rings. The third kappa shape index (κ3) is 6.31. The molecular weight excluding hydrogens is 808 g/mol. The Kier molecular flexibility index (Phi) is 8.96. The van der Waals surface area contributed by atoms with Crippen molar-refractivity contribution < 1.29 is 4.74 Å². The molecule has 9 aromatic carbocycles. The van der Waals surface area contributed by atoms with E-state index in [4.69, 9.17) is 4.74 Å². The first-order valence-electron chi connectivity index (χ1n) is 22.8. The van der Waals surface area contributed by atoms with Gasteiger partial charge in [0.1, 0.15) is 11.5 Å². The highest BCUT2D eigenvalue weighted by Gasteiger charge is 2.45. The van der Waals surface area contributed by atoms with Crippen LogP contribution in [-0.4, -0.2) is 6.71 Å². The molecule has 12 rings (SSSR count). The van der Waals surface area contributed by atoms with Crippen LogP contribution < -0.4 is 30.2 Å². The summed E-state index contributed by atoms with van der Waals surface area (Å²) in [5.41, 5.74) is 14.1. The lowest BCUT2D eigenvalue weighted by Crippen LogP contribution is -2.58. The van der Waals surface area contributed by atoms with Crippen LogP contribution in [-0.2, 0) is 10.8 Å². The van der Waals surface area contributed by atoms with Gasteiger partial charge in [-0.15, -0.1) is 11.3 Å². The minimum Gasteiger partial charge on any atom is -0.457 e. The first-order chi connectivity index (χ1) is 31.5. The van der Waals surface area contributed by atoms with Gasteiger partial charge in [0, 0.05) is 54.1 Å². The van der Waals surface area contributed by atoms with E-state index in [9.17, 15) is 0 Å². The third-order valence-electron chi connectivity index (χ3n) is 13.6.